The van der Waals surface area contributed by atoms with Crippen LogP contribution < -0.4 is 20.9 Å². The SMILES string of the molecule is CC(=O)Nc1cccc(-c2ncc(CNCC3CCN(c4nccc(C=C5SC(=O)NC5=O)n4)CC3)cc2C(=O)O)c1. The summed E-state index contributed by atoms with van der Waals surface area (Å²) in [5.41, 5.74) is 2.94. The fourth-order valence-corrected chi connectivity index (χ4v) is 5.52. The standard InChI is InChI=1S/C29H29N7O5S/c1-17(37)33-21-4-2-3-20(12-21)25-23(27(39)40)11-19(16-32-25)15-30-14-18-6-9-36(10-7-18)28-31-8-5-22(34-28)13-24-26(38)35-29(41)42-24/h2-5,8,11-13,16,18,30H,6-7,9-10,14-15H2,1H3,(H,33,37)(H,39,40)(H,35,38,41). The maximum atomic E-state index is 12.0. The molecule has 42 heavy (non-hydrogen) atoms. The van der Waals surface area contributed by atoms with E-state index in [-0.39, 0.29) is 11.5 Å². The van der Waals surface area contributed by atoms with Crippen molar-refractivity contribution in [3.63, 3.8) is 0 Å². The van der Waals surface area contributed by atoms with Crippen molar-refractivity contribution in [1.29, 1.82) is 0 Å². The number of carbonyl (C=O) groups is 4. The number of anilines is 2. The molecule has 1 aromatic carbocycles. The molecule has 12 nitrogen and oxygen atoms in total. The number of piperidine rings is 1. The first-order chi connectivity index (χ1) is 20.2. The Morgan fingerprint density at radius 3 is 2.69 bits per heavy atom. The minimum Gasteiger partial charge on any atom is -0.478 e. The monoisotopic (exact) mass is 587 g/mol. The first-order valence-electron chi connectivity index (χ1n) is 13.4. The Kier molecular flexibility index (Phi) is 8.88. The minimum absolute atomic E-state index is 0.0965. The fraction of sp³-hybridized carbons (Fsp3) is 0.276. The second-order valence-corrected chi connectivity index (χ2v) is 11.0. The van der Waals surface area contributed by atoms with Crippen molar-refractivity contribution in [2.45, 2.75) is 26.3 Å². The Morgan fingerprint density at radius 1 is 1.17 bits per heavy atom. The van der Waals surface area contributed by atoms with Crippen LogP contribution in [0.15, 0.2) is 53.7 Å². The molecule has 0 bridgehead atoms. The number of nitrogens with one attached hydrogen (secondary N) is 3. The third-order valence-electron chi connectivity index (χ3n) is 6.88. The first-order valence-corrected chi connectivity index (χ1v) is 14.2. The Morgan fingerprint density at radius 2 is 1.98 bits per heavy atom. The van der Waals surface area contributed by atoms with Gasteiger partial charge in [-0.1, -0.05) is 12.1 Å². The van der Waals surface area contributed by atoms with Gasteiger partial charge in [0.05, 0.1) is 21.9 Å². The van der Waals surface area contributed by atoms with Crippen LogP contribution in [-0.4, -0.2) is 62.7 Å². The zero-order valence-electron chi connectivity index (χ0n) is 22.8. The number of nitrogens with zero attached hydrogens (tertiary/aromatic N) is 4. The number of hydrogen-bond donors (Lipinski definition) is 4. The molecule has 2 saturated heterocycles. The predicted octanol–water partition coefficient (Wildman–Crippen LogP) is 3.53. The van der Waals surface area contributed by atoms with Gasteiger partial charge in [0.1, 0.15) is 0 Å². The normalized spacial score (nSPS) is 16.5. The summed E-state index contributed by atoms with van der Waals surface area (Å²) in [6.45, 7) is 4.21. The van der Waals surface area contributed by atoms with Crippen molar-refractivity contribution in [1.82, 2.24) is 25.6 Å². The van der Waals surface area contributed by atoms with E-state index in [1.807, 2.05) is 0 Å². The lowest BCUT2D eigenvalue weighted by Crippen LogP contribution is -2.38. The van der Waals surface area contributed by atoms with E-state index in [1.54, 1.807) is 54.9 Å². The number of aromatic carboxylic acids is 1. The molecule has 3 amide bonds. The number of amides is 3. The average Bonchev–Trinajstić information content (AvgIpc) is 3.29. The first kappa shape index (κ1) is 28.9. The molecule has 5 rings (SSSR count). The Hall–Kier alpha value is -4.62. The van der Waals surface area contributed by atoms with Crippen LogP contribution in [0.25, 0.3) is 17.3 Å². The third-order valence-corrected chi connectivity index (χ3v) is 7.69. The molecule has 2 aliphatic rings. The smallest absolute Gasteiger partial charge is 0.337 e. The number of carboxylic acids is 1. The molecule has 2 aromatic heterocycles. The van der Waals surface area contributed by atoms with Crippen LogP contribution >= 0.6 is 11.8 Å². The van der Waals surface area contributed by atoms with Crippen LogP contribution in [0, 0.1) is 5.92 Å². The molecule has 216 valence electrons. The van der Waals surface area contributed by atoms with Crippen molar-refractivity contribution in [3.8, 4) is 11.3 Å². The molecule has 0 atom stereocenters. The summed E-state index contributed by atoms with van der Waals surface area (Å²) in [6.07, 6.45) is 6.76. The lowest BCUT2D eigenvalue weighted by Gasteiger charge is -2.32. The van der Waals surface area contributed by atoms with Gasteiger partial charge in [0.2, 0.25) is 11.9 Å². The highest BCUT2D eigenvalue weighted by atomic mass is 32.2. The van der Waals surface area contributed by atoms with E-state index in [0.717, 1.165) is 49.8 Å². The summed E-state index contributed by atoms with van der Waals surface area (Å²) in [5, 5.41) is 17.8. The molecule has 0 radical (unpaired) electrons. The van der Waals surface area contributed by atoms with Gasteiger partial charge in [-0.25, -0.2) is 14.8 Å². The van der Waals surface area contributed by atoms with E-state index < -0.39 is 17.1 Å². The highest BCUT2D eigenvalue weighted by molar-refractivity contribution is 8.18. The Bertz CT molecular complexity index is 1570. The zero-order chi connectivity index (χ0) is 29.6. The second-order valence-electron chi connectivity index (χ2n) is 10.0. The number of carbonyl (C=O) groups excluding carboxylic acids is 3. The summed E-state index contributed by atoms with van der Waals surface area (Å²) in [5.74, 6) is -0.689. The lowest BCUT2D eigenvalue weighted by molar-refractivity contribution is -0.115. The number of pyridine rings is 1. The van der Waals surface area contributed by atoms with Crippen LogP contribution in [0.2, 0.25) is 0 Å². The van der Waals surface area contributed by atoms with Gasteiger partial charge in [-0.05, 0) is 73.0 Å². The summed E-state index contributed by atoms with van der Waals surface area (Å²) in [4.78, 5) is 62.5. The summed E-state index contributed by atoms with van der Waals surface area (Å²) >= 11 is 0.855. The fourth-order valence-electron chi connectivity index (χ4n) is 4.85. The molecule has 13 heteroatoms. The van der Waals surface area contributed by atoms with Gasteiger partial charge in [0.25, 0.3) is 11.1 Å². The van der Waals surface area contributed by atoms with Crippen molar-refractivity contribution in [3.05, 3.63) is 70.5 Å². The van der Waals surface area contributed by atoms with Gasteiger partial charge in [-0.3, -0.25) is 24.7 Å². The molecule has 2 fully saturated rings. The average molecular weight is 588 g/mol. The van der Waals surface area contributed by atoms with Crippen LogP contribution in [0.3, 0.4) is 0 Å². The van der Waals surface area contributed by atoms with Gasteiger partial charge in [-0.2, -0.15) is 0 Å². The van der Waals surface area contributed by atoms with Gasteiger partial charge in [0, 0.05) is 50.2 Å². The number of hydrogen-bond acceptors (Lipinski definition) is 10. The second kappa shape index (κ2) is 12.9. The zero-order valence-corrected chi connectivity index (χ0v) is 23.6. The van der Waals surface area contributed by atoms with Crippen molar-refractivity contribution < 1.29 is 24.3 Å². The number of thioether (sulfide) groups is 1. The van der Waals surface area contributed by atoms with Crippen molar-refractivity contribution >= 4 is 52.5 Å². The van der Waals surface area contributed by atoms with Crippen molar-refractivity contribution in [2.24, 2.45) is 5.92 Å². The Balaban J connectivity index is 1.15. The summed E-state index contributed by atoms with van der Waals surface area (Å²) in [7, 11) is 0. The van der Waals surface area contributed by atoms with Gasteiger partial charge < -0.3 is 20.6 Å². The number of benzene rings is 1. The number of carboxylic acid groups (broad SMARTS) is 1. The molecular formula is C29H29N7O5S. The van der Waals surface area contributed by atoms with E-state index in [1.165, 1.54) is 6.92 Å². The number of aromatic nitrogens is 3. The molecule has 0 aliphatic carbocycles. The molecule has 0 saturated carbocycles. The number of imide groups is 1. The maximum Gasteiger partial charge on any atom is 0.337 e. The van der Waals surface area contributed by atoms with Crippen LogP contribution in [0.4, 0.5) is 16.4 Å². The topological polar surface area (TPSA) is 167 Å². The Labute approximate surface area is 246 Å². The van der Waals surface area contributed by atoms with E-state index in [0.29, 0.717) is 46.0 Å². The van der Waals surface area contributed by atoms with Crippen LogP contribution in [0.1, 0.15) is 41.4 Å². The van der Waals surface area contributed by atoms with Crippen LogP contribution in [0.5, 0.6) is 0 Å². The minimum atomic E-state index is -1.07. The van der Waals surface area contributed by atoms with E-state index in [9.17, 15) is 24.3 Å². The van der Waals surface area contributed by atoms with Gasteiger partial charge >= 0.3 is 5.97 Å². The maximum absolute atomic E-state index is 12.0. The quantitative estimate of drug-likeness (QED) is 0.271. The number of rotatable bonds is 9. The van der Waals surface area contributed by atoms with Crippen LogP contribution in [-0.2, 0) is 16.1 Å². The highest BCUT2D eigenvalue weighted by Gasteiger charge is 2.26. The van der Waals surface area contributed by atoms with Gasteiger partial charge in [-0.15, -0.1) is 0 Å². The molecule has 0 unspecified atom stereocenters. The van der Waals surface area contributed by atoms with E-state index in [2.05, 4.69) is 35.8 Å². The molecule has 2 aliphatic heterocycles. The molecule has 4 heterocycles. The van der Waals surface area contributed by atoms with E-state index >= 15 is 0 Å². The highest BCUT2D eigenvalue weighted by Crippen LogP contribution is 2.27. The molecular weight excluding hydrogens is 558 g/mol. The molecule has 0 spiro atoms. The molecule has 3 aromatic rings. The largest absolute Gasteiger partial charge is 0.478 e. The van der Waals surface area contributed by atoms with E-state index in [4.69, 9.17) is 0 Å². The summed E-state index contributed by atoms with van der Waals surface area (Å²) in [6, 6.07) is 10.3. The third kappa shape index (κ3) is 7.17. The lowest BCUT2D eigenvalue weighted by atomic mass is 9.97. The molecule has 4 N–H and O–H groups in total. The predicted molar refractivity (Wildman–Crippen MR) is 159 cm³/mol. The van der Waals surface area contributed by atoms with Gasteiger partial charge in [0.15, 0.2) is 0 Å². The summed E-state index contributed by atoms with van der Waals surface area (Å²) < 4.78 is 0. The van der Waals surface area contributed by atoms with Crippen molar-refractivity contribution in [2.75, 3.05) is 29.9 Å².